The van der Waals surface area contributed by atoms with E-state index in [-0.39, 0.29) is 18.3 Å². The number of rotatable bonds is 4. The number of carbonyl (C=O) groups excluding carboxylic acids is 1. The van der Waals surface area contributed by atoms with E-state index in [1.807, 2.05) is 29.2 Å². The molecule has 3 saturated heterocycles. The monoisotopic (exact) mass is 412 g/mol. The molecule has 4 nitrogen and oxygen atoms in total. The van der Waals surface area contributed by atoms with Crippen molar-refractivity contribution in [2.75, 3.05) is 13.1 Å². The number of benzene rings is 1. The van der Waals surface area contributed by atoms with Crippen molar-refractivity contribution in [1.82, 2.24) is 10.2 Å². The molecule has 0 aromatic heterocycles. The molecule has 150 valence electrons. The van der Waals surface area contributed by atoms with Crippen LogP contribution in [0.4, 0.5) is 0 Å². The minimum Gasteiger partial charge on any atom is -0.388 e. The summed E-state index contributed by atoms with van der Waals surface area (Å²) in [5.74, 6) is 1.09. The van der Waals surface area contributed by atoms with E-state index < -0.39 is 6.10 Å². The van der Waals surface area contributed by atoms with Gasteiger partial charge >= 0.3 is 0 Å². The van der Waals surface area contributed by atoms with E-state index in [1.165, 1.54) is 12.8 Å². The molecule has 1 aromatic rings. The van der Waals surface area contributed by atoms with E-state index in [0.717, 1.165) is 44.3 Å². The number of nitrogens with zero attached hydrogens (tertiary/aromatic N) is 1. The average molecular weight is 413 g/mol. The second-order valence-electron chi connectivity index (χ2n) is 8.39. The Balaban J connectivity index is 0.00000210. The highest BCUT2D eigenvalue weighted by Crippen LogP contribution is 2.34. The van der Waals surface area contributed by atoms with Crippen LogP contribution in [0, 0.1) is 11.8 Å². The fourth-order valence-corrected chi connectivity index (χ4v) is 5.24. The summed E-state index contributed by atoms with van der Waals surface area (Å²) < 4.78 is 0. The molecule has 3 fully saturated rings. The van der Waals surface area contributed by atoms with Gasteiger partial charge in [-0.25, -0.2) is 0 Å². The Hall–Kier alpha value is -0.810. The minimum absolute atomic E-state index is 0. The Morgan fingerprint density at radius 3 is 2.30 bits per heavy atom. The lowest BCUT2D eigenvalue weighted by Gasteiger charge is -2.36. The molecule has 0 saturated carbocycles. The molecule has 0 aliphatic carbocycles. The number of amides is 1. The van der Waals surface area contributed by atoms with Gasteiger partial charge in [0.2, 0.25) is 5.91 Å². The molecular weight excluding hydrogens is 383 g/mol. The normalized spacial score (nSPS) is 29.3. The van der Waals surface area contributed by atoms with Crippen LogP contribution in [0.5, 0.6) is 0 Å². The lowest BCUT2D eigenvalue weighted by atomic mass is 9.86. The molecule has 1 aromatic carbocycles. The van der Waals surface area contributed by atoms with Crippen molar-refractivity contribution in [2.45, 2.75) is 63.1 Å². The summed E-state index contributed by atoms with van der Waals surface area (Å²) in [6, 6.07) is 8.74. The maximum absolute atomic E-state index is 12.7. The van der Waals surface area contributed by atoms with Crippen molar-refractivity contribution in [3.8, 4) is 0 Å². The molecule has 27 heavy (non-hydrogen) atoms. The van der Waals surface area contributed by atoms with Crippen molar-refractivity contribution >= 4 is 29.9 Å². The van der Waals surface area contributed by atoms with Gasteiger partial charge < -0.3 is 15.3 Å². The van der Waals surface area contributed by atoms with E-state index in [0.29, 0.717) is 35.4 Å². The first kappa shape index (κ1) is 20.9. The Labute approximate surface area is 173 Å². The van der Waals surface area contributed by atoms with Gasteiger partial charge in [0.05, 0.1) is 6.10 Å². The van der Waals surface area contributed by atoms with Crippen molar-refractivity contribution in [3.05, 3.63) is 34.9 Å². The number of nitrogens with one attached hydrogen (secondary N) is 1. The molecule has 3 aliphatic rings. The van der Waals surface area contributed by atoms with Crippen LogP contribution in [0.2, 0.25) is 5.02 Å². The van der Waals surface area contributed by atoms with E-state index >= 15 is 0 Å². The molecule has 0 radical (unpaired) electrons. The molecule has 2 N–H and O–H groups in total. The van der Waals surface area contributed by atoms with Crippen LogP contribution in [-0.2, 0) is 4.79 Å². The summed E-state index contributed by atoms with van der Waals surface area (Å²) in [6.07, 6.45) is 6.86. The summed E-state index contributed by atoms with van der Waals surface area (Å²) >= 11 is 5.93. The molecular formula is C21H30Cl2N2O2. The Bertz CT molecular complexity index is 620. The molecule has 3 unspecified atom stereocenters. The Kier molecular flexibility index (Phi) is 7.07. The number of hydrogen-bond donors (Lipinski definition) is 2. The zero-order valence-electron chi connectivity index (χ0n) is 15.6. The number of hydrogen-bond acceptors (Lipinski definition) is 3. The van der Waals surface area contributed by atoms with E-state index in [4.69, 9.17) is 11.6 Å². The minimum atomic E-state index is -0.468. The standard InChI is InChI=1S/C21H29ClN2O2.ClH/c22-17-3-1-15(2-4-17)21(26)16-7-9-24(10-8-16)20(25)13-14-11-18-5-6-19(12-14)23-18;/h1-4,14,16,18-19,21,23,26H,5-13H2;1H. The maximum atomic E-state index is 12.7. The molecule has 3 heterocycles. The van der Waals surface area contributed by atoms with Gasteiger partial charge in [0.1, 0.15) is 0 Å². The lowest BCUT2D eigenvalue weighted by molar-refractivity contribution is -0.134. The number of fused-ring (bicyclic) bond motifs is 2. The maximum Gasteiger partial charge on any atom is 0.222 e. The summed E-state index contributed by atoms with van der Waals surface area (Å²) in [7, 11) is 0. The molecule has 4 rings (SSSR count). The first-order chi connectivity index (χ1) is 12.6. The van der Waals surface area contributed by atoms with Gasteiger partial charge in [0.25, 0.3) is 0 Å². The predicted molar refractivity (Wildman–Crippen MR) is 110 cm³/mol. The summed E-state index contributed by atoms with van der Waals surface area (Å²) in [6.45, 7) is 1.54. The molecule has 1 amide bonds. The smallest absolute Gasteiger partial charge is 0.222 e. The SMILES string of the molecule is Cl.O=C(CC1CC2CCC(C1)N2)N1CCC(C(O)c2ccc(Cl)cc2)CC1. The van der Waals surface area contributed by atoms with Crippen LogP contribution in [0.25, 0.3) is 0 Å². The van der Waals surface area contributed by atoms with Gasteiger partial charge in [-0.15, -0.1) is 12.4 Å². The van der Waals surface area contributed by atoms with E-state index in [9.17, 15) is 9.90 Å². The molecule has 0 spiro atoms. The third-order valence-corrected chi connectivity index (χ3v) is 6.84. The van der Waals surface area contributed by atoms with E-state index in [1.54, 1.807) is 0 Å². The number of aliphatic hydroxyl groups is 1. The van der Waals surface area contributed by atoms with Crippen LogP contribution in [-0.4, -0.2) is 41.1 Å². The van der Waals surface area contributed by atoms with Gasteiger partial charge in [-0.2, -0.15) is 0 Å². The topological polar surface area (TPSA) is 52.6 Å². The van der Waals surface area contributed by atoms with Crippen molar-refractivity contribution < 1.29 is 9.90 Å². The summed E-state index contributed by atoms with van der Waals surface area (Å²) in [5, 5.41) is 15.0. The van der Waals surface area contributed by atoms with Gasteiger partial charge in [0.15, 0.2) is 0 Å². The van der Waals surface area contributed by atoms with Crippen molar-refractivity contribution in [3.63, 3.8) is 0 Å². The summed E-state index contributed by atoms with van der Waals surface area (Å²) in [4.78, 5) is 14.7. The fraction of sp³-hybridized carbons (Fsp3) is 0.667. The molecule has 2 bridgehead atoms. The van der Waals surface area contributed by atoms with E-state index in [2.05, 4.69) is 5.32 Å². The van der Waals surface area contributed by atoms with Crippen molar-refractivity contribution in [1.29, 1.82) is 0 Å². The number of aliphatic hydroxyl groups excluding tert-OH is 1. The highest BCUT2D eigenvalue weighted by atomic mass is 35.5. The average Bonchev–Trinajstić information content (AvgIpc) is 3.00. The zero-order valence-corrected chi connectivity index (χ0v) is 17.2. The van der Waals surface area contributed by atoms with Crippen LogP contribution in [0.3, 0.4) is 0 Å². The molecule has 3 atom stereocenters. The highest BCUT2D eigenvalue weighted by Gasteiger charge is 2.35. The third-order valence-electron chi connectivity index (χ3n) is 6.58. The third kappa shape index (κ3) is 4.97. The lowest BCUT2D eigenvalue weighted by Crippen LogP contribution is -2.43. The first-order valence-electron chi connectivity index (χ1n) is 10.1. The van der Waals surface area contributed by atoms with Gasteiger partial charge in [-0.1, -0.05) is 23.7 Å². The highest BCUT2D eigenvalue weighted by molar-refractivity contribution is 6.30. The van der Waals surface area contributed by atoms with Gasteiger partial charge in [-0.3, -0.25) is 4.79 Å². The first-order valence-corrected chi connectivity index (χ1v) is 10.4. The number of halogens is 2. The van der Waals surface area contributed by atoms with Gasteiger partial charge in [-0.05, 0) is 68.1 Å². The quantitative estimate of drug-likeness (QED) is 0.786. The molecule has 3 aliphatic heterocycles. The van der Waals surface area contributed by atoms with Crippen molar-refractivity contribution in [2.24, 2.45) is 11.8 Å². The molecule has 6 heteroatoms. The Morgan fingerprint density at radius 1 is 1.11 bits per heavy atom. The second kappa shape index (κ2) is 9.13. The van der Waals surface area contributed by atoms with Gasteiger partial charge in [0, 0.05) is 36.6 Å². The zero-order chi connectivity index (χ0) is 18.1. The predicted octanol–water partition coefficient (Wildman–Crippen LogP) is 3.95. The Morgan fingerprint density at radius 2 is 1.70 bits per heavy atom. The van der Waals surface area contributed by atoms with Crippen LogP contribution in [0.1, 0.15) is 56.6 Å². The number of carbonyl (C=O) groups is 1. The number of piperidine rings is 2. The number of likely N-dealkylation sites (tertiary alicyclic amines) is 1. The van der Waals surface area contributed by atoms with Crippen LogP contribution in [0.15, 0.2) is 24.3 Å². The van der Waals surface area contributed by atoms with Crippen LogP contribution >= 0.6 is 24.0 Å². The second-order valence-corrected chi connectivity index (χ2v) is 8.83. The van der Waals surface area contributed by atoms with Crippen LogP contribution < -0.4 is 5.32 Å². The fourth-order valence-electron chi connectivity index (χ4n) is 5.11. The largest absolute Gasteiger partial charge is 0.388 e. The summed E-state index contributed by atoms with van der Waals surface area (Å²) in [5.41, 5.74) is 0.921.